The summed E-state index contributed by atoms with van der Waals surface area (Å²) in [6.45, 7) is 4.03. The van der Waals surface area contributed by atoms with Crippen molar-refractivity contribution < 1.29 is 9.59 Å². The minimum Gasteiger partial charge on any atom is -0.350 e. The summed E-state index contributed by atoms with van der Waals surface area (Å²) in [6, 6.07) is 10.00. The Kier molecular flexibility index (Phi) is 4.72. The largest absolute Gasteiger partial charge is 0.350 e. The van der Waals surface area contributed by atoms with Crippen LogP contribution in [0.25, 0.3) is 0 Å². The molecule has 0 aliphatic carbocycles. The highest BCUT2D eigenvalue weighted by molar-refractivity contribution is 5.87. The Morgan fingerprint density at radius 2 is 2.00 bits per heavy atom. The van der Waals surface area contributed by atoms with Crippen LogP contribution in [0.2, 0.25) is 0 Å². The number of likely N-dealkylation sites (tertiary alicyclic amines) is 1. The van der Waals surface area contributed by atoms with E-state index in [4.69, 9.17) is 0 Å². The predicted molar refractivity (Wildman–Crippen MR) is 102 cm³/mol. The van der Waals surface area contributed by atoms with E-state index in [0.29, 0.717) is 26.1 Å². The Morgan fingerprint density at radius 3 is 2.67 bits per heavy atom. The first kappa shape index (κ1) is 17.8. The number of benzene rings is 1. The van der Waals surface area contributed by atoms with E-state index >= 15 is 0 Å². The van der Waals surface area contributed by atoms with Crippen molar-refractivity contribution in [3.63, 3.8) is 0 Å². The highest BCUT2D eigenvalue weighted by atomic mass is 16.2. The molecule has 142 valence electrons. The maximum atomic E-state index is 12.6. The predicted octanol–water partition coefficient (Wildman–Crippen LogP) is 2.25. The number of hydrogen-bond donors (Lipinski definition) is 1. The maximum absolute atomic E-state index is 12.6. The lowest BCUT2D eigenvalue weighted by Crippen LogP contribution is -2.52. The minimum atomic E-state index is -0.157. The molecule has 0 saturated carbocycles. The summed E-state index contributed by atoms with van der Waals surface area (Å²) >= 11 is 0. The van der Waals surface area contributed by atoms with Crippen molar-refractivity contribution in [2.45, 2.75) is 50.6 Å². The molecule has 3 heterocycles. The van der Waals surface area contributed by atoms with Crippen molar-refractivity contribution in [3.8, 4) is 0 Å². The van der Waals surface area contributed by atoms with Gasteiger partial charge in [-0.2, -0.15) is 0 Å². The van der Waals surface area contributed by atoms with Crippen LogP contribution in [0.3, 0.4) is 0 Å². The second kappa shape index (κ2) is 7.18. The Hall–Kier alpha value is -2.63. The number of carbonyl (C=O) groups excluding carboxylic acids is 2. The van der Waals surface area contributed by atoms with E-state index in [1.807, 2.05) is 52.9 Å². The molecule has 0 bridgehead atoms. The fraction of sp³-hybridized carbons (Fsp3) is 0.476. The van der Waals surface area contributed by atoms with Crippen molar-refractivity contribution in [3.05, 3.63) is 54.1 Å². The molecule has 6 nitrogen and oxygen atoms in total. The second-order valence-electron chi connectivity index (χ2n) is 7.74. The van der Waals surface area contributed by atoms with E-state index in [1.165, 1.54) is 0 Å². The van der Waals surface area contributed by atoms with E-state index in [1.54, 1.807) is 6.20 Å². The van der Waals surface area contributed by atoms with Crippen molar-refractivity contribution in [1.82, 2.24) is 19.8 Å². The van der Waals surface area contributed by atoms with Crippen LogP contribution in [0.4, 0.5) is 0 Å². The quantitative estimate of drug-likeness (QED) is 0.902. The van der Waals surface area contributed by atoms with Gasteiger partial charge in [-0.15, -0.1) is 0 Å². The van der Waals surface area contributed by atoms with Crippen molar-refractivity contribution in [1.29, 1.82) is 0 Å². The van der Waals surface area contributed by atoms with Gasteiger partial charge >= 0.3 is 0 Å². The Balaban J connectivity index is 1.33. The van der Waals surface area contributed by atoms with Crippen molar-refractivity contribution in [2.75, 3.05) is 13.1 Å². The van der Waals surface area contributed by atoms with Gasteiger partial charge in [-0.05, 0) is 31.7 Å². The molecule has 1 N–H and O–H groups in total. The second-order valence-corrected chi connectivity index (χ2v) is 7.74. The molecule has 27 heavy (non-hydrogen) atoms. The molecular weight excluding hydrogens is 340 g/mol. The van der Waals surface area contributed by atoms with Crippen LogP contribution in [0.15, 0.2) is 42.7 Å². The smallest absolute Gasteiger partial charge is 0.228 e. The van der Waals surface area contributed by atoms with Crippen LogP contribution in [-0.2, 0) is 16.1 Å². The highest BCUT2D eigenvalue weighted by Crippen LogP contribution is 2.39. The first-order valence-corrected chi connectivity index (χ1v) is 9.69. The number of hydrogen-bond acceptors (Lipinski definition) is 3. The Labute approximate surface area is 159 Å². The third kappa shape index (κ3) is 3.61. The number of rotatable bonds is 4. The number of nitrogens with zero attached hydrogens (tertiary/aromatic N) is 3. The van der Waals surface area contributed by atoms with Crippen LogP contribution in [0.1, 0.15) is 43.0 Å². The van der Waals surface area contributed by atoms with Gasteiger partial charge in [0.1, 0.15) is 5.82 Å². The SMILES string of the molecule is Cc1nccn1CCC(=O)N1CCC2(CC1)C[C@@H](c1ccccc1)C(=O)N2. The van der Waals surface area contributed by atoms with Crippen LogP contribution >= 0.6 is 0 Å². The van der Waals surface area contributed by atoms with Gasteiger partial charge < -0.3 is 14.8 Å². The van der Waals surface area contributed by atoms with Crippen LogP contribution < -0.4 is 5.32 Å². The molecule has 2 amide bonds. The van der Waals surface area contributed by atoms with E-state index in [-0.39, 0.29) is 23.3 Å². The number of amides is 2. The summed E-state index contributed by atoms with van der Waals surface area (Å²) in [4.78, 5) is 31.2. The van der Waals surface area contributed by atoms with Gasteiger partial charge in [0.15, 0.2) is 0 Å². The van der Waals surface area contributed by atoms with Gasteiger partial charge in [0.05, 0.1) is 5.92 Å². The van der Waals surface area contributed by atoms with E-state index in [0.717, 1.165) is 30.7 Å². The van der Waals surface area contributed by atoms with Gasteiger partial charge in [-0.3, -0.25) is 9.59 Å². The summed E-state index contributed by atoms with van der Waals surface area (Å²) in [6.07, 6.45) is 6.65. The Bertz CT molecular complexity index is 822. The summed E-state index contributed by atoms with van der Waals surface area (Å²) in [5, 5.41) is 3.25. The minimum absolute atomic E-state index is 0.0716. The van der Waals surface area contributed by atoms with Crippen LogP contribution in [-0.4, -0.2) is 44.9 Å². The molecule has 2 aromatic rings. The number of carbonyl (C=O) groups is 2. The number of imidazole rings is 1. The molecule has 1 atom stereocenters. The first-order valence-electron chi connectivity index (χ1n) is 9.69. The fourth-order valence-corrected chi connectivity index (χ4v) is 4.37. The van der Waals surface area contributed by atoms with Gasteiger partial charge in [-0.1, -0.05) is 30.3 Å². The fourth-order valence-electron chi connectivity index (χ4n) is 4.37. The van der Waals surface area contributed by atoms with Gasteiger partial charge in [0.2, 0.25) is 11.8 Å². The molecule has 1 spiro atoms. The van der Waals surface area contributed by atoms with Gasteiger partial charge in [0, 0.05) is 44.0 Å². The molecule has 0 radical (unpaired) electrons. The molecule has 2 aliphatic rings. The average Bonchev–Trinajstić information content (AvgIpc) is 3.24. The van der Waals surface area contributed by atoms with E-state index < -0.39 is 0 Å². The molecule has 0 unspecified atom stereocenters. The lowest BCUT2D eigenvalue weighted by Gasteiger charge is -2.39. The maximum Gasteiger partial charge on any atom is 0.228 e. The summed E-state index contributed by atoms with van der Waals surface area (Å²) in [7, 11) is 0. The zero-order valence-corrected chi connectivity index (χ0v) is 15.7. The number of aromatic nitrogens is 2. The number of piperidine rings is 1. The topological polar surface area (TPSA) is 67.2 Å². The average molecular weight is 366 g/mol. The lowest BCUT2D eigenvalue weighted by atomic mass is 9.82. The van der Waals surface area contributed by atoms with E-state index in [9.17, 15) is 9.59 Å². The lowest BCUT2D eigenvalue weighted by molar-refractivity contribution is -0.133. The van der Waals surface area contributed by atoms with E-state index in [2.05, 4.69) is 10.3 Å². The molecule has 4 rings (SSSR count). The number of nitrogens with one attached hydrogen (secondary N) is 1. The molecule has 1 aromatic carbocycles. The third-order valence-corrected chi connectivity index (χ3v) is 6.07. The van der Waals surface area contributed by atoms with Crippen LogP contribution in [0.5, 0.6) is 0 Å². The van der Waals surface area contributed by atoms with Crippen molar-refractivity contribution >= 4 is 11.8 Å². The third-order valence-electron chi connectivity index (χ3n) is 6.07. The molecule has 1 aromatic heterocycles. The highest BCUT2D eigenvalue weighted by Gasteiger charge is 2.46. The first-order chi connectivity index (χ1) is 13.1. The monoisotopic (exact) mass is 366 g/mol. The summed E-state index contributed by atoms with van der Waals surface area (Å²) < 4.78 is 2.00. The Morgan fingerprint density at radius 1 is 1.26 bits per heavy atom. The molecule has 2 aliphatic heterocycles. The van der Waals surface area contributed by atoms with Gasteiger partial charge in [-0.25, -0.2) is 4.98 Å². The standard InChI is InChI=1S/C21H26N4O2/c1-16-22-10-14-24(16)11-7-19(26)25-12-8-21(9-13-25)15-18(20(27)23-21)17-5-3-2-4-6-17/h2-6,10,14,18H,7-9,11-13,15H2,1H3,(H,23,27)/t18-/m0/s1. The zero-order chi connectivity index (χ0) is 18.9. The van der Waals surface area contributed by atoms with Crippen molar-refractivity contribution in [2.24, 2.45) is 0 Å². The van der Waals surface area contributed by atoms with Crippen LogP contribution in [0, 0.1) is 6.92 Å². The number of aryl methyl sites for hydroxylation is 2. The zero-order valence-electron chi connectivity index (χ0n) is 15.7. The molecule has 2 saturated heterocycles. The summed E-state index contributed by atoms with van der Waals surface area (Å²) in [5.74, 6) is 1.16. The summed E-state index contributed by atoms with van der Waals surface area (Å²) in [5.41, 5.74) is 0.927. The van der Waals surface area contributed by atoms with Gasteiger partial charge in [0.25, 0.3) is 0 Å². The molecular formula is C21H26N4O2. The molecule has 2 fully saturated rings. The normalized spacial score (nSPS) is 21.4. The molecule has 6 heteroatoms.